The van der Waals surface area contributed by atoms with Crippen molar-refractivity contribution in [3.8, 4) is 0 Å². The van der Waals surface area contributed by atoms with Crippen molar-refractivity contribution in [1.82, 2.24) is 10.2 Å². The minimum absolute atomic E-state index is 0.209. The van der Waals surface area contributed by atoms with Crippen LogP contribution in [0.15, 0.2) is 0 Å². The van der Waals surface area contributed by atoms with Gasteiger partial charge in [0.25, 0.3) is 0 Å². The summed E-state index contributed by atoms with van der Waals surface area (Å²) in [6.45, 7) is 6.40. The van der Waals surface area contributed by atoms with Gasteiger partial charge in [0.2, 0.25) is 5.91 Å². The van der Waals surface area contributed by atoms with Crippen LogP contribution in [0.3, 0.4) is 0 Å². The van der Waals surface area contributed by atoms with E-state index in [9.17, 15) is 4.79 Å². The van der Waals surface area contributed by atoms with E-state index in [-0.39, 0.29) is 5.91 Å². The van der Waals surface area contributed by atoms with Crippen LogP contribution in [0, 0.1) is 0 Å². The molecule has 1 fully saturated rings. The first-order valence-electron chi connectivity index (χ1n) is 5.82. The molecule has 2 unspecified atom stereocenters. The van der Waals surface area contributed by atoms with Crippen LogP contribution in [-0.4, -0.2) is 42.5 Å². The number of carbonyl (C=O) groups excluding carboxylic acids is 1. The Hall–Kier alpha value is -0.610. The van der Waals surface area contributed by atoms with E-state index in [4.69, 9.17) is 5.73 Å². The second-order valence-corrected chi connectivity index (χ2v) is 4.31. The van der Waals surface area contributed by atoms with Gasteiger partial charge in [-0.15, -0.1) is 0 Å². The van der Waals surface area contributed by atoms with Gasteiger partial charge in [-0.3, -0.25) is 4.79 Å². The number of hydrogen-bond acceptors (Lipinski definition) is 3. The first-order chi connectivity index (χ1) is 7.09. The van der Waals surface area contributed by atoms with Crippen molar-refractivity contribution in [1.29, 1.82) is 0 Å². The quantitative estimate of drug-likeness (QED) is 0.691. The molecule has 0 aliphatic heterocycles. The smallest absolute Gasteiger partial charge is 0.237 e. The van der Waals surface area contributed by atoms with Crippen LogP contribution in [-0.2, 0) is 4.79 Å². The summed E-state index contributed by atoms with van der Waals surface area (Å²) >= 11 is 0. The molecule has 0 spiro atoms. The van der Waals surface area contributed by atoms with Crippen molar-refractivity contribution >= 4 is 5.91 Å². The maximum atomic E-state index is 11.4. The normalized spacial score (nSPS) is 31.1. The molecule has 1 aliphatic rings. The average Bonchev–Trinajstić information content (AvgIpc) is 2.65. The Balaban J connectivity index is 2.68. The fraction of sp³-hybridized carbons (Fsp3) is 0.909. The monoisotopic (exact) mass is 213 g/mol. The highest BCUT2D eigenvalue weighted by Gasteiger charge is 2.43. The molecule has 0 aromatic rings. The summed E-state index contributed by atoms with van der Waals surface area (Å²) in [6, 6.07) is 0.500. The van der Waals surface area contributed by atoms with Gasteiger partial charge in [-0.1, -0.05) is 13.8 Å². The number of primary amides is 1. The second kappa shape index (κ2) is 4.94. The Kier molecular flexibility index (Phi) is 4.11. The van der Waals surface area contributed by atoms with E-state index in [1.54, 1.807) is 0 Å². The maximum Gasteiger partial charge on any atom is 0.237 e. The Labute approximate surface area is 92.2 Å². The number of amides is 1. The lowest BCUT2D eigenvalue weighted by molar-refractivity contribution is -0.124. The number of hydrogen-bond donors (Lipinski definition) is 2. The van der Waals surface area contributed by atoms with E-state index in [1.807, 2.05) is 7.05 Å². The molecule has 0 aromatic carbocycles. The van der Waals surface area contributed by atoms with Crippen LogP contribution in [0.5, 0.6) is 0 Å². The fourth-order valence-electron chi connectivity index (χ4n) is 2.65. The largest absolute Gasteiger partial charge is 0.368 e. The highest BCUT2D eigenvalue weighted by molar-refractivity contribution is 5.85. The van der Waals surface area contributed by atoms with Crippen LogP contribution >= 0.6 is 0 Å². The summed E-state index contributed by atoms with van der Waals surface area (Å²) < 4.78 is 0. The highest BCUT2D eigenvalue weighted by atomic mass is 16.1. The minimum atomic E-state index is -0.465. The molecule has 1 rings (SSSR count). The van der Waals surface area contributed by atoms with Gasteiger partial charge in [0.05, 0.1) is 5.54 Å². The van der Waals surface area contributed by atoms with Gasteiger partial charge in [0.15, 0.2) is 0 Å². The van der Waals surface area contributed by atoms with Gasteiger partial charge in [0, 0.05) is 6.04 Å². The Morgan fingerprint density at radius 1 is 1.53 bits per heavy atom. The summed E-state index contributed by atoms with van der Waals surface area (Å²) in [4.78, 5) is 13.8. The topological polar surface area (TPSA) is 58.4 Å². The summed E-state index contributed by atoms with van der Waals surface area (Å²) in [5.74, 6) is -0.209. The predicted molar refractivity (Wildman–Crippen MR) is 61.5 cm³/mol. The van der Waals surface area contributed by atoms with Crippen molar-refractivity contribution in [2.24, 2.45) is 5.73 Å². The molecule has 1 saturated carbocycles. The molecule has 2 atom stereocenters. The first-order valence-corrected chi connectivity index (χ1v) is 5.82. The molecular formula is C11H23N3O. The lowest BCUT2D eigenvalue weighted by Crippen LogP contribution is -2.53. The third-order valence-corrected chi connectivity index (χ3v) is 3.77. The predicted octanol–water partition coefficient (Wildman–Crippen LogP) is 0.324. The van der Waals surface area contributed by atoms with E-state index in [0.717, 1.165) is 32.4 Å². The van der Waals surface area contributed by atoms with Crippen molar-refractivity contribution < 1.29 is 4.79 Å². The number of rotatable bonds is 5. The van der Waals surface area contributed by atoms with Crippen molar-refractivity contribution in [2.75, 3.05) is 20.1 Å². The van der Waals surface area contributed by atoms with Gasteiger partial charge in [-0.05, 0) is 39.4 Å². The molecule has 4 heteroatoms. The third-order valence-electron chi connectivity index (χ3n) is 3.77. The van der Waals surface area contributed by atoms with Crippen LogP contribution in [0.2, 0.25) is 0 Å². The zero-order valence-corrected chi connectivity index (χ0v) is 10.0. The SMILES string of the molecule is CCN(CC)C1CCC(NC)(C(N)=O)C1. The van der Waals surface area contributed by atoms with E-state index >= 15 is 0 Å². The van der Waals surface area contributed by atoms with Crippen molar-refractivity contribution in [3.63, 3.8) is 0 Å². The van der Waals surface area contributed by atoms with E-state index < -0.39 is 5.54 Å². The van der Waals surface area contributed by atoms with Gasteiger partial charge >= 0.3 is 0 Å². The summed E-state index contributed by atoms with van der Waals surface area (Å²) in [5.41, 5.74) is 5.00. The first kappa shape index (κ1) is 12.5. The van der Waals surface area contributed by atoms with E-state index in [2.05, 4.69) is 24.1 Å². The molecule has 0 radical (unpaired) electrons. The van der Waals surface area contributed by atoms with Gasteiger partial charge < -0.3 is 16.0 Å². The zero-order valence-electron chi connectivity index (χ0n) is 10.0. The van der Waals surface area contributed by atoms with Crippen LogP contribution in [0.25, 0.3) is 0 Å². The molecular weight excluding hydrogens is 190 g/mol. The van der Waals surface area contributed by atoms with Gasteiger partial charge in [-0.2, -0.15) is 0 Å². The van der Waals surface area contributed by atoms with Crippen LogP contribution < -0.4 is 11.1 Å². The number of nitrogens with two attached hydrogens (primary N) is 1. The maximum absolute atomic E-state index is 11.4. The molecule has 0 saturated heterocycles. The van der Waals surface area contributed by atoms with Gasteiger partial charge in [0.1, 0.15) is 0 Å². The summed E-state index contributed by atoms with van der Waals surface area (Å²) in [7, 11) is 1.83. The Morgan fingerprint density at radius 3 is 2.47 bits per heavy atom. The summed E-state index contributed by atoms with van der Waals surface area (Å²) in [5, 5.41) is 3.11. The number of nitrogens with one attached hydrogen (secondary N) is 1. The highest BCUT2D eigenvalue weighted by Crippen LogP contribution is 2.32. The number of carbonyl (C=O) groups is 1. The third kappa shape index (κ3) is 2.32. The molecule has 0 bridgehead atoms. The lowest BCUT2D eigenvalue weighted by atomic mass is 9.96. The molecule has 1 amide bonds. The van der Waals surface area contributed by atoms with Crippen LogP contribution in [0.1, 0.15) is 33.1 Å². The molecule has 0 aromatic heterocycles. The van der Waals surface area contributed by atoms with E-state index in [1.165, 1.54) is 0 Å². The fourth-order valence-corrected chi connectivity index (χ4v) is 2.65. The zero-order chi connectivity index (χ0) is 11.5. The molecule has 3 N–H and O–H groups in total. The van der Waals surface area contributed by atoms with Gasteiger partial charge in [-0.25, -0.2) is 0 Å². The number of nitrogens with zero attached hydrogens (tertiary/aromatic N) is 1. The number of likely N-dealkylation sites (N-methyl/N-ethyl adjacent to an activating group) is 1. The summed E-state index contributed by atoms with van der Waals surface area (Å²) in [6.07, 6.45) is 2.77. The lowest BCUT2D eigenvalue weighted by Gasteiger charge is -2.29. The average molecular weight is 213 g/mol. The van der Waals surface area contributed by atoms with E-state index in [0.29, 0.717) is 6.04 Å². The van der Waals surface area contributed by atoms with Crippen LogP contribution in [0.4, 0.5) is 0 Å². The van der Waals surface area contributed by atoms with Crippen molar-refractivity contribution in [2.45, 2.75) is 44.7 Å². The van der Waals surface area contributed by atoms with Crippen molar-refractivity contribution in [3.05, 3.63) is 0 Å². The Morgan fingerprint density at radius 2 is 2.13 bits per heavy atom. The second-order valence-electron chi connectivity index (χ2n) is 4.31. The minimum Gasteiger partial charge on any atom is -0.368 e. The molecule has 1 aliphatic carbocycles. The standard InChI is InChI=1S/C11H23N3O/c1-4-14(5-2)9-6-7-11(8-9,13-3)10(12)15/h9,13H,4-8H2,1-3H3,(H2,12,15). The molecule has 88 valence electrons. The molecule has 15 heavy (non-hydrogen) atoms. The Bertz CT molecular complexity index is 228. The molecule has 4 nitrogen and oxygen atoms in total. The molecule has 0 heterocycles.